The summed E-state index contributed by atoms with van der Waals surface area (Å²) in [4.78, 5) is 11.4. The summed E-state index contributed by atoms with van der Waals surface area (Å²) in [7, 11) is 1.64. The minimum Gasteiger partial charge on any atom is -0.495 e. The fraction of sp³-hybridized carbons (Fsp3) is 0.200. The van der Waals surface area contributed by atoms with Crippen LogP contribution in [-0.2, 0) is 0 Å². The number of ether oxygens (including phenoxy) is 1. The monoisotopic (exact) mass is 448 g/mol. The molecule has 3 aromatic carbocycles. The second-order valence-electron chi connectivity index (χ2n) is 7.64. The van der Waals surface area contributed by atoms with Gasteiger partial charge in [-0.3, -0.25) is 4.90 Å². The van der Waals surface area contributed by atoms with E-state index >= 15 is 0 Å². The zero-order valence-corrected chi connectivity index (χ0v) is 18.4. The summed E-state index contributed by atoms with van der Waals surface area (Å²) in [5.74, 6) is 1.25. The molecule has 2 aliphatic heterocycles. The SMILES string of the molecule is COc1ccc(Cl)cc1N1[C]c2ccccc2N=C1N1CCN(c2ccc(F)cc2)CC1. The Kier molecular flexibility index (Phi) is 5.62. The van der Waals surface area contributed by atoms with Crippen LogP contribution >= 0.6 is 11.6 Å². The number of para-hydroxylation sites is 1. The second-order valence-corrected chi connectivity index (χ2v) is 8.08. The van der Waals surface area contributed by atoms with Gasteiger partial charge in [0.05, 0.1) is 18.5 Å². The normalized spacial score (nSPS) is 16.0. The predicted molar refractivity (Wildman–Crippen MR) is 127 cm³/mol. The van der Waals surface area contributed by atoms with Gasteiger partial charge in [-0.25, -0.2) is 9.38 Å². The minimum absolute atomic E-state index is 0.222. The number of anilines is 2. The average Bonchev–Trinajstić information content (AvgIpc) is 2.84. The van der Waals surface area contributed by atoms with Crippen molar-refractivity contribution in [3.8, 4) is 5.75 Å². The van der Waals surface area contributed by atoms with Gasteiger partial charge < -0.3 is 14.5 Å². The van der Waals surface area contributed by atoms with Crippen molar-refractivity contribution in [1.82, 2.24) is 4.90 Å². The van der Waals surface area contributed by atoms with E-state index in [1.807, 2.05) is 53.4 Å². The third-order valence-corrected chi connectivity index (χ3v) is 5.93. The molecule has 5 rings (SSSR count). The van der Waals surface area contributed by atoms with Gasteiger partial charge in [0.2, 0.25) is 5.96 Å². The molecule has 0 N–H and O–H groups in total. The lowest BCUT2D eigenvalue weighted by Crippen LogP contribution is -2.54. The Morgan fingerprint density at radius 1 is 0.938 bits per heavy atom. The third-order valence-electron chi connectivity index (χ3n) is 5.69. The number of methoxy groups -OCH3 is 1. The Hall–Kier alpha value is -3.25. The molecule has 1 fully saturated rings. The fourth-order valence-corrected chi connectivity index (χ4v) is 4.19. The molecule has 0 saturated carbocycles. The average molecular weight is 449 g/mol. The standard InChI is InChI=1S/C25H22ClFN4O/c1-32-24-11-6-19(26)16-23(24)31-17-18-4-2-3-5-22(18)28-25(31)30-14-12-29(13-15-30)21-9-7-20(27)8-10-21/h2-11,16H,12-15H2,1H3. The fourth-order valence-electron chi connectivity index (χ4n) is 4.03. The molecule has 0 amide bonds. The van der Waals surface area contributed by atoms with Crippen LogP contribution in [0.2, 0.25) is 5.02 Å². The summed E-state index contributed by atoms with van der Waals surface area (Å²) in [6.45, 7) is 6.60. The molecular formula is C25H22ClFN4O. The molecular weight excluding hydrogens is 427 g/mol. The maximum absolute atomic E-state index is 13.3. The van der Waals surface area contributed by atoms with Crippen molar-refractivity contribution >= 4 is 34.6 Å². The number of guanidine groups is 1. The number of nitrogens with zero attached hydrogens (tertiary/aromatic N) is 4. The van der Waals surface area contributed by atoms with E-state index in [1.54, 1.807) is 13.2 Å². The topological polar surface area (TPSA) is 31.3 Å². The zero-order chi connectivity index (χ0) is 22.1. The van der Waals surface area contributed by atoms with Gasteiger partial charge in [-0.1, -0.05) is 29.8 Å². The van der Waals surface area contributed by atoms with Crippen molar-refractivity contribution in [3.05, 3.63) is 89.7 Å². The first-order valence-corrected chi connectivity index (χ1v) is 10.8. The molecule has 2 heterocycles. The lowest BCUT2D eigenvalue weighted by atomic mass is 10.1. The Labute approximate surface area is 192 Å². The van der Waals surface area contributed by atoms with E-state index in [9.17, 15) is 4.39 Å². The van der Waals surface area contributed by atoms with Gasteiger partial charge in [-0.15, -0.1) is 0 Å². The predicted octanol–water partition coefficient (Wildman–Crippen LogP) is 5.20. The van der Waals surface area contributed by atoms with Crippen LogP contribution in [0, 0.1) is 12.4 Å². The summed E-state index contributed by atoms with van der Waals surface area (Å²) in [5.41, 5.74) is 3.59. The smallest absolute Gasteiger partial charge is 0.207 e. The van der Waals surface area contributed by atoms with Crippen LogP contribution < -0.4 is 14.5 Å². The number of fused-ring (bicyclic) bond motifs is 1. The Bertz CT molecular complexity index is 1140. The molecule has 0 bridgehead atoms. The molecule has 162 valence electrons. The van der Waals surface area contributed by atoms with Crippen LogP contribution in [0.3, 0.4) is 0 Å². The van der Waals surface area contributed by atoms with Gasteiger partial charge in [0, 0.05) is 42.5 Å². The Balaban J connectivity index is 1.46. The van der Waals surface area contributed by atoms with Crippen molar-refractivity contribution in [2.24, 2.45) is 4.99 Å². The van der Waals surface area contributed by atoms with E-state index in [0.29, 0.717) is 10.8 Å². The van der Waals surface area contributed by atoms with Crippen molar-refractivity contribution in [2.75, 3.05) is 43.1 Å². The van der Waals surface area contributed by atoms with Crippen LogP contribution in [0.25, 0.3) is 0 Å². The van der Waals surface area contributed by atoms with Gasteiger partial charge in [-0.05, 0) is 48.5 Å². The van der Waals surface area contributed by atoms with Crippen LogP contribution in [0.5, 0.6) is 5.75 Å². The highest BCUT2D eigenvalue weighted by molar-refractivity contribution is 6.31. The highest BCUT2D eigenvalue weighted by Gasteiger charge is 2.31. The summed E-state index contributed by atoms with van der Waals surface area (Å²) in [6.07, 6.45) is 0. The molecule has 0 aromatic heterocycles. The first kappa shape index (κ1) is 20.6. The first-order valence-electron chi connectivity index (χ1n) is 10.5. The van der Waals surface area contributed by atoms with Gasteiger partial charge in [0.25, 0.3) is 0 Å². The van der Waals surface area contributed by atoms with Crippen molar-refractivity contribution < 1.29 is 9.13 Å². The number of aliphatic imine (C=N–C) groups is 1. The number of halogens is 2. The van der Waals surface area contributed by atoms with E-state index in [2.05, 4.69) is 16.3 Å². The van der Waals surface area contributed by atoms with Crippen LogP contribution in [0.15, 0.2) is 71.7 Å². The molecule has 0 spiro atoms. The number of piperazine rings is 1. The van der Waals surface area contributed by atoms with Crippen LogP contribution in [0.4, 0.5) is 21.5 Å². The molecule has 1 saturated heterocycles. The molecule has 0 atom stereocenters. The first-order chi connectivity index (χ1) is 15.6. The zero-order valence-electron chi connectivity index (χ0n) is 17.6. The molecule has 5 nitrogen and oxygen atoms in total. The van der Waals surface area contributed by atoms with Crippen molar-refractivity contribution in [2.45, 2.75) is 0 Å². The van der Waals surface area contributed by atoms with E-state index in [-0.39, 0.29) is 5.82 Å². The quantitative estimate of drug-likeness (QED) is 0.550. The summed E-state index contributed by atoms with van der Waals surface area (Å²) >= 11 is 6.33. The Morgan fingerprint density at radius 3 is 2.41 bits per heavy atom. The lowest BCUT2D eigenvalue weighted by molar-refractivity contribution is 0.379. The summed E-state index contributed by atoms with van der Waals surface area (Å²) in [5, 5.41) is 0.613. The van der Waals surface area contributed by atoms with Crippen LogP contribution in [0.1, 0.15) is 5.56 Å². The molecule has 2 aliphatic rings. The lowest BCUT2D eigenvalue weighted by Gasteiger charge is -2.42. The van der Waals surface area contributed by atoms with E-state index in [4.69, 9.17) is 21.3 Å². The maximum atomic E-state index is 13.3. The maximum Gasteiger partial charge on any atom is 0.207 e. The molecule has 32 heavy (non-hydrogen) atoms. The van der Waals surface area contributed by atoms with Crippen molar-refractivity contribution in [1.29, 1.82) is 0 Å². The number of hydrogen-bond acceptors (Lipinski definition) is 5. The highest BCUT2D eigenvalue weighted by Crippen LogP contribution is 2.38. The summed E-state index contributed by atoms with van der Waals surface area (Å²) < 4.78 is 18.9. The largest absolute Gasteiger partial charge is 0.495 e. The van der Waals surface area contributed by atoms with E-state index in [0.717, 1.165) is 54.8 Å². The molecule has 2 radical (unpaired) electrons. The molecule has 0 unspecified atom stereocenters. The number of benzene rings is 3. The van der Waals surface area contributed by atoms with E-state index < -0.39 is 0 Å². The minimum atomic E-state index is -0.222. The van der Waals surface area contributed by atoms with E-state index in [1.165, 1.54) is 12.1 Å². The second kappa shape index (κ2) is 8.71. The highest BCUT2D eigenvalue weighted by atomic mass is 35.5. The van der Waals surface area contributed by atoms with Gasteiger partial charge in [-0.2, -0.15) is 0 Å². The molecule has 3 aromatic rings. The number of rotatable bonds is 3. The molecule has 0 aliphatic carbocycles. The Morgan fingerprint density at radius 2 is 1.66 bits per heavy atom. The summed E-state index contributed by atoms with van der Waals surface area (Å²) in [6, 6.07) is 20.1. The van der Waals surface area contributed by atoms with Crippen molar-refractivity contribution in [3.63, 3.8) is 0 Å². The van der Waals surface area contributed by atoms with Gasteiger partial charge in [0.1, 0.15) is 18.1 Å². The van der Waals surface area contributed by atoms with Gasteiger partial charge >= 0.3 is 0 Å². The molecule has 7 heteroatoms. The van der Waals surface area contributed by atoms with Crippen LogP contribution in [-0.4, -0.2) is 44.1 Å². The third kappa shape index (κ3) is 3.98. The van der Waals surface area contributed by atoms with Gasteiger partial charge in [0.15, 0.2) is 0 Å². The number of hydrogen-bond donors (Lipinski definition) is 0.